The van der Waals surface area contributed by atoms with Crippen LogP contribution in [0.3, 0.4) is 0 Å². The summed E-state index contributed by atoms with van der Waals surface area (Å²) in [6, 6.07) is -2.48. The van der Waals surface area contributed by atoms with E-state index in [2.05, 4.69) is 16.0 Å². The van der Waals surface area contributed by atoms with Gasteiger partial charge in [-0.15, -0.1) is 0 Å². The first-order chi connectivity index (χ1) is 14.1. The lowest BCUT2D eigenvalue weighted by Crippen LogP contribution is -2.56. The number of carboxylic acid groups (broad SMARTS) is 1. The molecule has 8 N–H and O–H groups in total. The molecule has 174 valence electrons. The first kappa shape index (κ1) is 28.1. The zero-order valence-electron chi connectivity index (χ0n) is 18.1. The van der Waals surface area contributed by atoms with E-state index in [1.54, 1.807) is 11.8 Å². The Morgan fingerprint density at radius 2 is 1.60 bits per heavy atom. The molecule has 0 spiro atoms. The average Bonchev–Trinajstić information content (AvgIpc) is 2.68. The fourth-order valence-corrected chi connectivity index (χ4v) is 3.17. The summed E-state index contributed by atoms with van der Waals surface area (Å²) in [5.74, 6) is -1.85. The van der Waals surface area contributed by atoms with Crippen LogP contribution in [-0.4, -0.2) is 72.0 Å². The van der Waals surface area contributed by atoms with Crippen molar-refractivity contribution >= 4 is 35.5 Å². The Kier molecular flexibility index (Phi) is 14.9. The Morgan fingerprint density at radius 1 is 0.967 bits per heavy atom. The normalized spacial score (nSPS) is 13.9. The van der Waals surface area contributed by atoms with E-state index in [9.17, 15) is 19.2 Å². The quantitative estimate of drug-likeness (QED) is 0.170. The molecular formula is C19H37N5O5S. The van der Waals surface area contributed by atoms with Crippen molar-refractivity contribution in [3.63, 3.8) is 0 Å². The number of aliphatic carboxylic acids is 1. The van der Waals surface area contributed by atoms with Crippen molar-refractivity contribution in [2.45, 2.75) is 64.1 Å². The topological polar surface area (TPSA) is 177 Å². The minimum Gasteiger partial charge on any atom is -0.480 e. The largest absolute Gasteiger partial charge is 0.480 e. The maximum atomic E-state index is 12.8. The molecule has 0 saturated heterocycles. The van der Waals surface area contributed by atoms with Crippen molar-refractivity contribution < 1.29 is 24.3 Å². The molecule has 30 heavy (non-hydrogen) atoms. The molecular weight excluding hydrogens is 410 g/mol. The van der Waals surface area contributed by atoms with Crippen LogP contribution >= 0.6 is 11.8 Å². The standard InChI is InChI=1S/C19H37N5O5S/c1-12(2)10-15(24-17(27)13(21)7-9-30-3)19(29)23-14(6-4-5-8-20)18(28)22-11-16(25)26/h12-15H,4-11,20-21H2,1-3H3,(H,22,28)(H,23,29)(H,24,27)(H,25,26). The van der Waals surface area contributed by atoms with Crippen LogP contribution in [0.5, 0.6) is 0 Å². The zero-order chi connectivity index (χ0) is 23.1. The summed E-state index contributed by atoms with van der Waals surface area (Å²) in [7, 11) is 0. The number of carbonyl (C=O) groups is 4. The van der Waals surface area contributed by atoms with E-state index < -0.39 is 48.4 Å². The van der Waals surface area contributed by atoms with E-state index in [4.69, 9.17) is 16.6 Å². The van der Waals surface area contributed by atoms with Crippen molar-refractivity contribution in [2.24, 2.45) is 17.4 Å². The molecule has 3 atom stereocenters. The molecule has 0 saturated carbocycles. The van der Waals surface area contributed by atoms with Crippen molar-refractivity contribution in [3.05, 3.63) is 0 Å². The molecule has 0 aliphatic rings. The molecule has 0 fully saturated rings. The van der Waals surface area contributed by atoms with Crippen LogP contribution in [0, 0.1) is 5.92 Å². The molecule has 10 nitrogen and oxygen atoms in total. The molecule has 0 aromatic heterocycles. The summed E-state index contributed by atoms with van der Waals surface area (Å²) < 4.78 is 0. The molecule has 3 amide bonds. The maximum Gasteiger partial charge on any atom is 0.322 e. The number of carboxylic acids is 1. The molecule has 0 bridgehead atoms. The molecule has 0 aliphatic carbocycles. The van der Waals surface area contributed by atoms with Crippen molar-refractivity contribution in [3.8, 4) is 0 Å². The Morgan fingerprint density at radius 3 is 2.13 bits per heavy atom. The van der Waals surface area contributed by atoms with Gasteiger partial charge in [0.2, 0.25) is 17.7 Å². The molecule has 0 radical (unpaired) electrons. The number of carbonyl (C=O) groups excluding carboxylic acids is 3. The van der Waals surface area contributed by atoms with Crippen LogP contribution in [0.25, 0.3) is 0 Å². The SMILES string of the molecule is CSCCC(N)C(=O)NC(CC(C)C)C(=O)NC(CCCCN)C(=O)NCC(=O)O. The summed E-state index contributed by atoms with van der Waals surface area (Å²) in [6.07, 6.45) is 4.34. The van der Waals surface area contributed by atoms with Gasteiger partial charge in [-0.1, -0.05) is 13.8 Å². The summed E-state index contributed by atoms with van der Waals surface area (Å²) in [5.41, 5.74) is 11.4. The van der Waals surface area contributed by atoms with Gasteiger partial charge in [-0.05, 0) is 56.6 Å². The van der Waals surface area contributed by atoms with Crippen molar-refractivity contribution in [1.82, 2.24) is 16.0 Å². The van der Waals surface area contributed by atoms with Gasteiger partial charge in [-0.3, -0.25) is 19.2 Å². The molecule has 0 rings (SSSR count). The maximum absolute atomic E-state index is 12.8. The highest BCUT2D eigenvalue weighted by molar-refractivity contribution is 7.98. The monoisotopic (exact) mass is 447 g/mol. The zero-order valence-corrected chi connectivity index (χ0v) is 18.9. The minimum atomic E-state index is -1.18. The number of unbranched alkanes of at least 4 members (excludes halogenated alkanes) is 1. The van der Waals surface area contributed by atoms with Gasteiger partial charge in [0.15, 0.2) is 0 Å². The van der Waals surface area contributed by atoms with Gasteiger partial charge in [0.1, 0.15) is 18.6 Å². The Labute approximate surface area is 182 Å². The van der Waals surface area contributed by atoms with E-state index in [0.29, 0.717) is 38.6 Å². The van der Waals surface area contributed by atoms with Crippen molar-refractivity contribution in [1.29, 1.82) is 0 Å². The second kappa shape index (κ2) is 15.9. The number of hydrogen-bond acceptors (Lipinski definition) is 7. The van der Waals surface area contributed by atoms with Gasteiger partial charge in [-0.2, -0.15) is 11.8 Å². The van der Waals surface area contributed by atoms with Crippen LogP contribution in [0.2, 0.25) is 0 Å². The highest BCUT2D eigenvalue weighted by Gasteiger charge is 2.28. The smallest absolute Gasteiger partial charge is 0.322 e. The fourth-order valence-electron chi connectivity index (χ4n) is 2.68. The van der Waals surface area contributed by atoms with Gasteiger partial charge in [-0.25, -0.2) is 0 Å². The Balaban J connectivity index is 5.17. The highest BCUT2D eigenvalue weighted by Crippen LogP contribution is 2.08. The number of hydrogen-bond donors (Lipinski definition) is 6. The first-order valence-corrected chi connectivity index (χ1v) is 11.6. The third-order valence-electron chi connectivity index (χ3n) is 4.30. The summed E-state index contributed by atoms with van der Waals surface area (Å²) in [4.78, 5) is 48.3. The summed E-state index contributed by atoms with van der Waals surface area (Å²) in [6.45, 7) is 3.73. The van der Waals surface area contributed by atoms with E-state index in [-0.39, 0.29) is 5.92 Å². The van der Waals surface area contributed by atoms with Crippen molar-refractivity contribution in [2.75, 3.05) is 25.1 Å². The van der Waals surface area contributed by atoms with Gasteiger partial charge in [0.05, 0.1) is 6.04 Å². The number of rotatable bonds is 16. The second-order valence-corrected chi connectivity index (χ2v) is 8.52. The third-order valence-corrected chi connectivity index (χ3v) is 4.95. The molecule has 0 aliphatic heterocycles. The number of nitrogens with one attached hydrogen (secondary N) is 3. The van der Waals surface area contributed by atoms with E-state index >= 15 is 0 Å². The Hall–Kier alpha value is -1.85. The predicted octanol–water partition coefficient (Wildman–Crippen LogP) is -0.588. The van der Waals surface area contributed by atoms with Gasteiger partial charge < -0.3 is 32.5 Å². The lowest BCUT2D eigenvalue weighted by atomic mass is 10.0. The number of nitrogens with two attached hydrogens (primary N) is 2. The summed E-state index contributed by atoms with van der Waals surface area (Å²) in [5, 5.41) is 16.4. The fraction of sp³-hybridized carbons (Fsp3) is 0.789. The van der Waals surface area contributed by atoms with Gasteiger partial charge >= 0.3 is 5.97 Å². The average molecular weight is 448 g/mol. The molecule has 3 unspecified atom stereocenters. The number of thioether (sulfide) groups is 1. The van der Waals surface area contributed by atoms with E-state index in [0.717, 1.165) is 5.75 Å². The lowest BCUT2D eigenvalue weighted by Gasteiger charge is -2.25. The second-order valence-electron chi connectivity index (χ2n) is 7.54. The number of amides is 3. The van der Waals surface area contributed by atoms with Crippen LogP contribution < -0.4 is 27.4 Å². The summed E-state index contributed by atoms with van der Waals surface area (Å²) >= 11 is 1.58. The molecule has 0 aromatic carbocycles. The van der Waals surface area contributed by atoms with Crippen LogP contribution in [-0.2, 0) is 19.2 Å². The molecule has 0 heterocycles. The third kappa shape index (κ3) is 12.7. The van der Waals surface area contributed by atoms with E-state index in [1.165, 1.54) is 0 Å². The van der Waals surface area contributed by atoms with E-state index in [1.807, 2.05) is 20.1 Å². The van der Waals surface area contributed by atoms with Crippen LogP contribution in [0.4, 0.5) is 0 Å². The highest BCUT2D eigenvalue weighted by atomic mass is 32.2. The molecule has 11 heteroatoms. The van der Waals surface area contributed by atoms with Gasteiger partial charge in [0.25, 0.3) is 0 Å². The van der Waals surface area contributed by atoms with Crippen LogP contribution in [0.15, 0.2) is 0 Å². The molecule has 0 aromatic rings. The Bertz CT molecular complexity index is 561. The minimum absolute atomic E-state index is 0.111. The van der Waals surface area contributed by atoms with Crippen LogP contribution in [0.1, 0.15) is 46.0 Å². The van der Waals surface area contributed by atoms with Gasteiger partial charge in [0, 0.05) is 0 Å². The first-order valence-electron chi connectivity index (χ1n) is 10.2. The lowest BCUT2D eigenvalue weighted by molar-refractivity contribution is -0.138. The predicted molar refractivity (Wildman–Crippen MR) is 118 cm³/mol.